The third-order valence-electron chi connectivity index (χ3n) is 4.66. The summed E-state index contributed by atoms with van der Waals surface area (Å²) in [6, 6.07) is 10.2. The minimum Gasteiger partial charge on any atom is -0.468 e. The van der Waals surface area contributed by atoms with Crippen LogP contribution in [0.3, 0.4) is 0 Å². The summed E-state index contributed by atoms with van der Waals surface area (Å²) in [4.78, 5) is 26.6. The first-order chi connectivity index (χ1) is 11.0. The number of nitrogens with two attached hydrogens (primary N) is 1. The molecular weight excluding hydrogens is 292 g/mol. The van der Waals surface area contributed by atoms with Crippen LogP contribution in [0.2, 0.25) is 0 Å². The van der Waals surface area contributed by atoms with Gasteiger partial charge in [-0.15, -0.1) is 0 Å². The minimum atomic E-state index is -1.07. The SMILES string of the molecule is COC(=O)[C@@]1(C)C[C@@H](CCN)N(CCCc2ccccc2)C1=O. The molecule has 0 aliphatic carbocycles. The standard InChI is InChI=1S/C18H26N2O3/c1-18(17(22)23-2)13-15(10-11-19)20(16(18)21)12-6-9-14-7-4-3-5-8-14/h3-5,7-8,15H,6,9-13,19H2,1-2H3/t15-,18+/m1/s1. The Labute approximate surface area is 137 Å². The molecule has 1 amide bonds. The average Bonchev–Trinajstić information content (AvgIpc) is 2.81. The number of methoxy groups -OCH3 is 1. The highest BCUT2D eigenvalue weighted by Gasteiger charge is 2.53. The summed E-state index contributed by atoms with van der Waals surface area (Å²) in [5.74, 6) is -0.578. The monoisotopic (exact) mass is 318 g/mol. The predicted octanol–water partition coefficient (Wildman–Crippen LogP) is 1.75. The first-order valence-electron chi connectivity index (χ1n) is 8.16. The predicted molar refractivity (Wildman–Crippen MR) is 88.7 cm³/mol. The van der Waals surface area contributed by atoms with Crippen molar-refractivity contribution < 1.29 is 14.3 Å². The van der Waals surface area contributed by atoms with Gasteiger partial charge in [0.15, 0.2) is 0 Å². The first-order valence-corrected chi connectivity index (χ1v) is 8.16. The van der Waals surface area contributed by atoms with Gasteiger partial charge < -0.3 is 15.4 Å². The van der Waals surface area contributed by atoms with Crippen LogP contribution in [0.15, 0.2) is 30.3 Å². The Balaban J connectivity index is 2.02. The number of carbonyl (C=O) groups excluding carboxylic acids is 2. The summed E-state index contributed by atoms with van der Waals surface area (Å²) in [6.45, 7) is 2.83. The van der Waals surface area contributed by atoms with Crippen molar-refractivity contribution in [3.63, 3.8) is 0 Å². The van der Waals surface area contributed by atoms with Gasteiger partial charge in [0, 0.05) is 12.6 Å². The van der Waals surface area contributed by atoms with Gasteiger partial charge in [0.05, 0.1) is 7.11 Å². The molecule has 2 N–H and O–H groups in total. The lowest BCUT2D eigenvalue weighted by Crippen LogP contribution is -2.40. The van der Waals surface area contributed by atoms with E-state index in [1.807, 2.05) is 23.1 Å². The van der Waals surface area contributed by atoms with Crippen LogP contribution in [0, 0.1) is 5.41 Å². The highest BCUT2D eigenvalue weighted by Crippen LogP contribution is 2.38. The Morgan fingerprint density at radius 1 is 1.39 bits per heavy atom. The average molecular weight is 318 g/mol. The van der Waals surface area contributed by atoms with Crippen molar-refractivity contribution in [2.75, 3.05) is 20.2 Å². The van der Waals surface area contributed by atoms with Gasteiger partial charge in [-0.2, -0.15) is 0 Å². The van der Waals surface area contributed by atoms with Crippen LogP contribution in [0.4, 0.5) is 0 Å². The van der Waals surface area contributed by atoms with Gasteiger partial charge in [0.2, 0.25) is 5.91 Å². The molecule has 23 heavy (non-hydrogen) atoms. The van der Waals surface area contributed by atoms with Crippen molar-refractivity contribution in [2.24, 2.45) is 11.1 Å². The van der Waals surface area contributed by atoms with Gasteiger partial charge >= 0.3 is 5.97 Å². The van der Waals surface area contributed by atoms with Gasteiger partial charge in [-0.1, -0.05) is 30.3 Å². The van der Waals surface area contributed by atoms with Gasteiger partial charge in [-0.25, -0.2) is 0 Å². The van der Waals surface area contributed by atoms with Crippen molar-refractivity contribution in [2.45, 2.75) is 38.6 Å². The molecule has 0 aromatic heterocycles. The molecule has 0 unspecified atom stereocenters. The summed E-state index contributed by atoms with van der Waals surface area (Å²) in [6.07, 6.45) is 2.98. The second kappa shape index (κ2) is 7.59. The summed E-state index contributed by atoms with van der Waals surface area (Å²) >= 11 is 0. The zero-order chi connectivity index (χ0) is 16.9. The second-order valence-corrected chi connectivity index (χ2v) is 6.35. The number of rotatable bonds is 7. The molecule has 2 rings (SSSR count). The van der Waals surface area contributed by atoms with Crippen molar-refractivity contribution in [3.8, 4) is 0 Å². The van der Waals surface area contributed by atoms with Crippen LogP contribution in [0.1, 0.15) is 31.7 Å². The van der Waals surface area contributed by atoms with Crippen LogP contribution in [-0.4, -0.2) is 43.0 Å². The third-order valence-corrected chi connectivity index (χ3v) is 4.66. The van der Waals surface area contributed by atoms with Crippen LogP contribution < -0.4 is 5.73 Å². The quantitative estimate of drug-likeness (QED) is 0.614. The van der Waals surface area contributed by atoms with E-state index in [1.165, 1.54) is 12.7 Å². The molecule has 5 heteroatoms. The fraction of sp³-hybridized carbons (Fsp3) is 0.556. The molecule has 5 nitrogen and oxygen atoms in total. The van der Waals surface area contributed by atoms with E-state index in [2.05, 4.69) is 12.1 Å². The van der Waals surface area contributed by atoms with Gasteiger partial charge in [-0.05, 0) is 44.7 Å². The number of likely N-dealkylation sites (tertiary alicyclic amines) is 1. The van der Waals surface area contributed by atoms with Crippen molar-refractivity contribution in [1.29, 1.82) is 0 Å². The van der Waals surface area contributed by atoms with Crippen molar-refractivity contribution >= 4 is 11.9 Å². The van der Waals surface area contributed by atoms with E-state index in [-0.39, 0.29) is 11.9 Å². The van der Waals surface area contributed by atoms with Crippen LogP contribution >= 0.6 is 0 Å². The lowest BCUT2D eigenvalue weighted by molar-refractivity contribution is -0.157. The van der Waals surface area contributed by atoms with Crippen LogP contribution in [-0.2, 0) is 20.7 Å². The van der Waals surface area contributed by atoms with E-state index in [4.69, 9.17) is 10.5 Å². The number of hydrogen-bond donors (Lipinski definition) is 1. The highest BCUT2D eigenvalue weighted by atomic mass is 16.5. The van der Waals surface area contributed by atoms with E-state index >= 15 is 0 Å². The number of ether oxygens (including phenoxy) is 1. The summed E-state index contributed by atoms with van der Waals surface area (Å²) in [5.41, 5.74) is 5.87. The van der Waals surface area contributed by atoms with E-state index < -0.39 is 11.4 Å². The van der Waals surface area contributed by atoms with E-state index in [9.17, 15) is 9.59 Å². The van der Waals surface area contributed by atoms with E-state index in [1.54, 1.807) is 6.92 Å². The zero-order valence-corrected chi connectivity index (χ0v) is 14.0. The van der Waals surface area contributed by atoms with Crippen molar-refractivity contribution in [3.05, 3.63) is 35.9 Å². The number of aryl methyl sites for hydroxylation is 1. The molecule has 0 spiro atoms. The molecular formula is C18H26N2O3. The molecule has 0 saturated carbocycles. The molecule has 0 bridgehead atoms. The van der Waals surface area contributed by atoms with Crippen molar-refractivity contribution in [1.82, 2.24) is 4.90 Å². The molecule has 0 radical (unpaired) electrons. The zero-order valence-electron chi connectivity index (χ0n) is 14.0. The fourth-order valence-corrected chi connectivity index (χ4v) is 3.38. The summed E-state index contributed by atoms with van der Waals surface area (Å²) in [5, 5.41) is 0. The number of carbonyl (C=O) groups is 2. The summed E-state index contributed by atoms with van der Waals surface area (Å²) < 4.78 is 4.84. The topological polar surface area (TPSA) is 72.6 Å². The molecule has 1 saturated heterocycles. The number of amides is 1. The fourth-order valence-electron chi connectivity index (χ4n) is 3.38. The number of esters is 1. The Kier molecular flexibility index (Phi) is 5.77. The maximum atomic E-state index is 12.7. The lowest BCUT2D eigenvalue weighted by Gasteiger charge is -2.24. The lowest BCUT2D eigenvalue weighted by atomic mass is 9.86. The maximum absolute atomic E-state index is 12.7. The van der Waals surface area contributed by atoms with Crippen LogP contribution in [0.25, 0.3) is 0 Å². The Bertz CT molecular complexity index is 546. The number of hydrogen-bond acceptors (Lipinski definition) is 4. The molecule has 1 aliphatic heterocycles. The molecule has 1 aromatic carbocycles. The highest BCUT2D eigenvalue weighted by molar-refractivity contribution is 6.04. The maximum Gasteiger partial charge on any atom is 0.321 e. The van der Waals surface area contributed by atoms with Gasteiger partial charge in [-0.3, -0.25) is 9.59 Å². The molecule has 2 atom stereocenters. The number of benzene rings is 1. The smallest absolute Gasteiger partial charge is 0.321 e. The minimum absolute atomic E-state index is 0.0207. The Hall–Kier alpha value is -1.88. The molecule has 126 valence electrons. The summed E-state index contributed by atoms with van der Waals surface area (Å²) in [7, 11) is 1.33. The van der Waals surface area contributed by atoms with E-state index in [0.29, 0.717) is 25.9 Å². The first kappa shape index (κ1) is 17.5. The van der Waals surface area contributed by atoms with Gasteiger partial charge in [0.25, 0.3) is 0 Å². The Morgan fingerprint density at radius 3 is 2.70 bits per heavy atom. The van der Waals surface area contributed by atoms with Crippen LogP contribution in [0.5, 0.6) is 0 Å². The number of nitrogens with zero attached hydrogens (tertiary/aromatic N) is 1. The molecule has 1 fully saturated rings. The normalized spacial score (nSPS) is 24.0. The second-order valence-electron chi connectivity index (χ2n) is 6.35. The molecule has 1 heterocycles. The van der Waals surface area contributed by atoms with Gasteiger partial charge in [0.1, 0.15) is 5.41 Å². The molecule has 1 aromatic rings. The molecule has 1 aliphatic rings. The third kappa shape index (κ3) is 3.72. The Morgan fingerprint density at radius 2 is 2.09 bits per heavy atom. The largest absolute Gasteiger partial charge is 0.468 e. The van der Waals surface area contributed by atoms with E-state index in [0.717, 1.165) is 12.8 Å².